The number of allylic oxidation sites excluding steroid dienone is 10. The van der Waals surface area contributed by atoms with E-state index in [-0.39, 0.29) is 54.1 Å². The van der Waals surface area contributed by atoms with Gasteiger partial charge < -0.3 is 0 Å². The average Bonchev–Trinajstić information content (AvgIpc) is 4.10. The molecule has 0 aromatic heterocycles. The zero-order chi connectivity index (χ0) is 55.9. The summed E-state index contributed by atoms with van der Waals surface area (Å²) < 4.78 is 0. The smallest absolute Gasteiger partial charge is 0.127 e. The van der Waals surface area contributed by atoms with Gasteiger partial charge in [0.25, 0.3) is 0 Å². The number of hydrogen-bond donors (Lipinski definition) is 0. The quantitative estimate of drug-likeness (QED) is 0.195. The summed E-state index contributed by atoms with van der Waals surface area (Å²) in [7, 11) is -3.51. The third-order valence-corrected chi connectivity index (χ3v) is 34.3. The molecular weight excluding hydrogens is 945 g/mol. The van der Waals surface area contributed by atoms with E-state index in [1.165, 1.54) is 120 Å². The highest BCUT2D eigenvalue weighted by Crippen LogP contribution is 2.73. The molecular formula is C74H100Si2. The van der Waals surface area contributed by atoms with E-state index in [4.69, 9.17) is 0 Å². The second-order valence-electron chi connectivity index (χ2n) is 32.8. The van der Waals surface area contributed by atoms with Crippen LogP contribution in [-0.2, 0) is 0 Å². The van der Waals surface area contributed by atoms with E-state index in [0.717, 1.165) is 0 Å². The van der Waals surface area contributed by atoms with Crippen molar-refractivity contribution in [2.45, 2.75) is 246 Å². The molecule has 404 valence electrons. The van der Waals surface area contributed by atoms with Crippen LogP contribution in [0, 0.1) is 154 Å². The minimum absolute atomic E-state index is 0.00355. The van der Waals surface area contributed by atoms with E-state index in [1.807, 2.05) is 0 Å². The third-order valence-electron chi connectivity index (χ3n) is 27.1. The fourth-order valence-corrected chi connectivity index (χ4v) is 25.5. The molecule has 0 aromatic rings. The number of fused-ring (bicyclic) bond motifs is 10. The molecule has 10 aliphatic rings. The van der Waals surface area contributed by atoms with Crippen molar-refractivity contribution in [2.75, 3.05) is 0 Å². The first-order valence-corrected chi connectivity index (χ1v) is 36.5. The molecule has 0 aliphatic heterocycles. The van der Waals surface area contributed by atoms with Crippen molar-refractivity contribution in [3.05, 3.63) is 55.7 Å². The lowest BCUT2D eigenvalue weighted by molar-refractivity contribution is 0.174. The summed E-state index contributed by atoms with van der Waals surface area (Å²) in [5.41, 5.74) is 23.7. The first-order chi connectivity index (χ1) is 34.9. The molecule has 0 amide bonds. The third kappa shape index (κ3) is 6.94. The Kier molecular flexibility index (Phi) is 12.5. The first kappa shape index (κ1) is 55.8. The van der Waals surface area contributed by atoms with E-state index >= 15 is 0 Å². The molecule has 0 saturated heterocycles. The Hall–Kier alpha value is -3.51. The van der Waals surface area contributed by atoms with Gasteiger partial charge in [-0.25, -0.2) is 0 Å². The molecule has 5 fully saturated rings. The molecule has 0 nitrogen and oxygen atoms in total. The maximum absolute atomic E-state index is 4.18. The lowest BCUT2D eigenvalue weighted by Crippen LogP contribution is -2.43. The van der Waals surface area contributed by atoms with Gasteiger partial charge in [-0.05, 0) is 137 Å². The Balaban J connectivity index is 1.12. The van der Waals surface area contributed by atoms with Crippen LogP contribution in [0.1, 0.15) is 210 Å². The van der Waals surface area contributed by atoms with Gasteiger partial charge in [0.05, 0.1) is 0 Å². The van der Waals surface area contributed by atoms with Gasteiger partial charge in [-0.2, -0.15) is 0 Å². The summed E-state index contributed by atoms with van der Waals surface area (Å²) in [6.07, 6.45) is 11.9. The molecule has 0 N–H and O–H groups in total. The van der Waals surface area contributed by atoms with Crippen LogP contribution in [0.4, 0.5) is 0 Å². The van der Waals surface area contributed by atoms with Gasteiger partial charge in [-0.1, -0.05) is 224 Å². The van der Waals surface area contributed by atoms with Gasteiger partial charge in [-0.3, -0.25) is 0 Å². The van der Waals surface area contributed by atoms with Crippen molar-refractivity contribution in [3.63, 3.8) is 0 Å². The molecule has 10 rings (SSSR count). The predicted molar refractivity (Wildman–Crippen MR) is 329 cm³/mol. The SMILES string of the molecule is CC(C)[Si](C#CC1=C(C#CC2=C(C#CC3=C(C#CC4=C(C#CC5=C(C#C[Si](C)(C)C)C6(C)CCC5C6(C)C)C5(C)CCC4C5(C)C)C4(C)CCC3C4(C)C)C3(C)CCC2C3(C)C)C2(C)CCC1C2(C)C)(C(C)C)C(C)C. The van der Waals surface area contributed by atoms with Gasteiger partial charge in [0.1, 0.15) is 16.1 Å². The number of hydrogen-bond acceptors (Lipinski definition) is 0. The lowest BCUT2D eigenvalue weighted by atomic mass is 9.67. The van der Waals surface area contributed by atoms with Gasteiger partial charge in [-0.15, -0.1) is 11.1 Å². The Morgan fingerprint density at radius 2 is 0.513 bits per heavy atom. The minimum Gasteiger partial charge on any atom is -0.127 e. The molecule has 0 heterocycles. The standard InChI is InChI=1S/C74H100Si2/c1-47(2)76(48(3)4,49(5)6)46-38-54-59-37-43-73(20,69(59,15)16)63(54)32-27-52-57-35-41-71(18,67(57,11)12)61(52)30-25-50-55-33-40-70(17,65(55,7)8)60(50)29-26-51-56-34-42-72(19,66(56,9)10)62(51)31-28-53-58-36-44-74(21,68(58,13)14)64(53)39-45-75(22,23)24/h47-49,55-59H,33-37,40-44H2,1-24H3. The Morgan fingerprint density at radius 1 is 0.303 bits per heavy atom. The van der Waals surface area contributed by atoms with Gasteiger partial charge in [0.2, 0.25) is 0 Å². The fraction of sp³-hybridized carbons (Fsp3) is 0.703. The Labute approximate surface area is 469 Å². The molecule has 10 unspecified atom stereocenters. The van der Waals surface area contributed by atoms with Crippen molar-refractivity contribution < 1.29 is 0 Å². The van der Waals surface area contributed by atoms with E-state index in [0.29, 0.717) is 46.2 Å². The average molecular weight is 1050 g/mol. The maximum atomic E-state index is 4.18. The van der Waals surface area contributed by atoms with Crippen LogP contribution in [0.25, 0.3) is 0 Å². The van der Waals surface area contributed by atoms with Crippen LogP contribution in [0.3, 0.4) is 0 Å². The van der Waals surface area contributed by atoms with E-state index in [9.17, 15) is 0 Å². The molecule has 10 atom stereocenters. The van der Waals surface area contributed by atoms with Crippen LogP contribution in [0.15, 0.2) is 55.7 Å². The van der Waals surface area contributed by atoms with Gasteiger partial charge in [0, 0.05) is 82.8 Å². The van der Waals surface area contributed by atoms with Crippen molar-refractivity contribution in [1.29, 1.82) is 0 Å². The molecule has 76 heavy (non-hydrogen) atoms. The number of rotatable bonds is 3. The van der Waals surface area contributed by atoms with Crippen molar-refractivity contribution in [2.24, 2.45) is 83.7 Å². The second kappa shape index (κ2) is 17.0. The Morgan fingerprint density at radius 3 is 0.724 bits per heavy atom. The zero-order valence-corrected chi connectivity index (χ0v) is 54.7. The summed E-state index contributed by atoms with van der Waals surface area (Å²) in [5, 5.41) is 0. The molecule has 2 heteroatoms. The summed E-state index contributed by atoms with van der Waals surface area (Å²) in [6.45, 7) is 59.5. The topological polar surface area (TPSA) is 0 Å². The second-order valence-corrected chi connectivity index (χ2v) is 43.1. The molecule has 0 spiro atoms. The molecule has 0 radical (unpaired) electrons. The van der Waals surface area contributed by atoms with Crippen molar-refractivity contribution in [1.82, 2.24) is 0 Å². The predicted octanol–water partition coefficient (Wildman–Crippen LogP) is 18.9. The van der Waals surface area contributed by atoms with E-state index < -0.39 is 16.1 Å². The first-order valence-electron chi connectivity index (χ1n) is 30.8. The Bertz CT molecular complexity index is 3160. The summed E-state index contributed by atoms with van der Waals surface area (Å²) in [6, 6.07) is 0. The van der Waals surface area contributed by atoms with Crippen LogP contribution in [0.5, 0.6) is 0 Å². The molecule has 10 aliphatic carbocycles. The van der Waals surface area contributed by atoms with Crippen LogP contribution < -0.4 is 0 Å². The highest BCUT2D eigenvalue weighted by molar-refractivity contribution is 6.90. The van der Waals surface area contributed by atoms with Crippen molar-refractivity contribution >= 4 is 16.1 Å². The molecule has 0 aromatic carbocycles. The summed E-state index contributed by atoms with van der Waals surface area (Å²) in [4.78, 5) is 0. The van der Waals surface area contributed by atoms with E-state index in [1.54, 1.807) is 0 Å². The molecule has 10 bridgehead atoms. The molecule has 5 saturated carbocycles. The highest BCUT2D eigenvalue weighted by atomic mass is 28.3. The van der Waals surface area contributed by atoms with Crippen LogP contribution in [0.2, 0.25) is 36.3 Å². The van der Waals surface area contributed by atoms with Crippen LogP contribution in [-0.4, -0.2) is 16.1 Å². The summed E-state index contributed by atoms with van der Waals surface area (Å²) in [5.74, 6) is 42.6. The highest BCUT2D eigenvalue weighted by Gasteiger charge is 2.65. The zero-order valence-electron chi connectivity index (χ0n) is 52.7. The van der Waals surface area contributed by atoms with E-state index in [2.05, 4.69) is 235 Å². The maximum Gasteiger partial charge on any atom is 0.146 e. The van der Waals surface area contributed by atoms with Crippen LogP contribution >= 0.6 is 0 Å². The van der Waals surface area contributed by atoms with Gasteiger partial charge >= 0.3 is 0 Å². The minimum atomic E-state index is -1.93. The fourth-order valence-electron chi connectivity index (χ4n) is 19.8. The van der Waals surface area contributed by atoms with Gasteiger partial charge in [0.15, 0.2) is 0 Å². The summed E-state index contributed by atoms with van der Waals surface area (Å²) >= 11 is 0. The normalized spacial score (nSPS) is 37.9. The largest absolute Gasteiger partial charge is 0.146 e. The van der Waals surface area contributed by atoms with Crippen molar-refractivity contribution in [3.8, 4) is 70.3 Å². The monoisotopic (exact) mass is 1040 g/mol. The lowest BCUT2D eigenvalue weighted by Gasteiger charge is -2.38.